The van der Waals surface area contributed by atoms with Gasteiger partial charge >= 0.3 is 0 Å². The largest absolute Gasteiger partial charge is 0.467 e. The molecule has 3 aromatic rings. The molecule has 0 saturated carbocycles. The summed E-state index contributed by atoms with van der Waals surface area (Å²) in [6.07, 6.45) is 4.58. The van der Waals surface area contributed by atoms with E-state index in [9.17, 15) is 4.79 Å². The lowest BCUT2D eigenvalue weighted by Gasteiger charge is -2.07. The fourth-order valence-corrected chi connectivity index (χ4v) is 2.42. The van der Waals surface area contributed by atoms with Gasteiger partial charge in [-0.05, 0) is 47.7 Å². The second kappa shape index (κ2) is 5.87. The SMILES string of the molecule is CCc1ccc2c(ccn2CC(=O)NCc2ccco2)c1. The summed E-state index contributed by atoms with van der Waals surface area (Å²) in [6, 6.07) is 12.1. The molecule has 1 aromatic carbocycles. The molecule has 0 fully saturated rings. The third-order valence-electron chi connectivity index (χ3n) is 3.60. The minimum atomic E-state index is -0.0246. The number of nitrogens with zero attached hydrogens (tertiary/aromatic N) is 1. The van der Waals surface area contributed by atoms with Gasteiger partial charge in [0.05, 0.1) is 12.8 Å². The van der Waals surface area contributed by atoms with Gasteiger partial charge in [0, 0.05) is 11.7 Å². The predicted octanol–water partition coefficient (Wildman–Crippen LogP) is 3.11. The number of amides is 1. The van der Waals surface area contributed by atoms with Crippen LogP contribution in [0.15, 0.2) is 53.3 Å². The second-order valence-corrected chi connectivity index (χ2v) is 5.05. The van der Waals surface area contributed by atoms with Crippen LogP contribution >= 0.6 is 0 Å². The first-order valence-electron chi connectivity index (χ1n) is 7.13. The number of fused-ring (bicyclic) bond motifs is 1. The summed E-state index contributed by atoms with van der Waals surface area (Å²) < 4.78 is 7.16. The maximum atomic E-state index is 12.0. The molecule has 1 amide bonds. The number of nitrogens with one attached hydrogen (secondary N) is 1. The molecule has 0 aliphatic rings. The Morgan fingerprint density at radius 1 is 1.29 bits per heavy atom. The number of rotatable bonds is 5. The molecule has 108 valence electrons. The summed E-state index contributed by atoms with van der Waals surface area (Å²) in [5.74, 6) is 0.733. The number of benzene rings is 1. The van der Waals surface area contributed by atoms with Gasteiger partial charge in [-0.1, -0.05) is 13.0 Å². The summed E-state index contributed by atoms with van der Waals surface area (Å²) in [6.45, 7) is 2.88. The lowest BCUT2D eigenvalue weighted by molar-refractivity contribution is -0.121. The average molecular weight is 282 g/mol. The van der Waals surface area contributed by atoms with E-state index in [1.165, 1.54) is 10.9 Å². The Morgan fingerprint density at radius 3 is 2.95 bits per heavy atom. The van der Waals surface area contributed by atoms with Crippen molar-refractivity contribution in [2.75, 3.05) is 0 Å². The molecule has 0 bridgehead atoms. The summed E-state index contributed by atoms with van der Waals surface area (Å²) in [5, 5.41) is 4.03. The molecule has 2 heterocycles. The van der Waals surface area contributed by atoms with Crippen molar-refractivity contribution in [3.05, 3.63) is 60.2 Å². The number of aryl methyl sites for hydroxylation is 1. The van der Waals surface area contributed by atoms with Crippen molar-refractivity contribution in [3.8, 4) is 0 Å². The van der Waals surface area contributed by atoms with Crippen LogP contribution in [0.25, 0.3) is 10.9 Å². The van der Waals surface area contributed by atoms with Gasteiger partial charge in [0.15, 0.2) is 0 Å². The Kier molecular flexibility index (Phi) is 3.77. The number of carbonyl (C=O) groups excluding carboxylic acids is 1. The zero-order valence-corrected chi connectivity index (χ0v) is 12.0. The zero-order chi connectivity index (χ0) is 14.7. The molecule has 2 aromatic heterocycles. The Hall–Kier alpha value is -2.49. The lowest BCUT2D eigenvalue weighted by Crippen LogP contribution is -2.26. The van der Waals surface area contributed by atoms with Crippen molar-refractivity contribution in [1.82, 2.24) is 9.88 Å². The molecule has 1 N–H and O–H groups in total. The quantitative estimate of drug-likeness (QED) is 0.781. The van der Waals surface area contributed by atoms with E-state index in [0.29, 0.717) is 13.1 Å². The van der Waals surface area contributed by atoms with Crippen LogP contribution in [-0.2, 0) is 24.3 Å². The Labute approximate surface area is 123 Å². The molecule has 0 aliphatic heterocycles. The Balaban J connectivity index is 1.68. The smallest absolute Gasteiger partial charge is 0.240 e. The third-order valence-corrected chi connectivity index (χ3v) is 3.60. The molecule has 0 atom stereocenters. The van der Waals surface area contributed by atoms with Gasteiger partial charge in [0.2, 0.25) is 5.91 Å². The van der Waals surface area contributed by atoms with Gasteiger partial charge in [-0.3, -0.25) is 4.79 Å². The van der Waals surface area contributed by atoms with Crippen LogP contribution in [0.3, 0.4) is 0 Å². The van der Waals surface area contributed by atoms with Gasteiger partial charge in [-0.15, -0.1) is 0 Å². The highest BCUT2D eigenvalue weighted by atomic mass is 16.3. The third kappa shape index (κ3) is 2.99. The summed E-state index contributed by atoms with van der Waals surface area (Å²) in [7, 11) is 0. The minimum Gasteiger partial charge on any atom is -0.467 e. The van der Waals surface area contributed by atoms with Crippen LogP contribution in [0, 0.1) is 0 Å². The highest BCUT2D eigenvalue weighted by Gasteiger charge is 2.07. The van der Waals surface area contributed by atoms with Gasteiger partial charge in [-0.25, -0.2) is 0 Å². The van der Waals surface area contributed by atoms with Crippen molar-refractivity contribution < 1.29 is 9.21 Å². The Morgan fingerprint density at radius 2 is 2.19 bits per heavy atom. The molecule has 0 radical (unpaired) electrons. The van der Waals surface area contributed by atoms with Crippen LogP contribution in [0.2, 0.25) is 0 Å². The van der Waals surface area contributed by atoms with Gasteiger partial charge in [0.25, 0.3) is 0 Å². The Bertz CT molecular complexity index is 741. The van der Waals surface area contributed by atoms with Crippen molar-refractivity contribution in [1.29, 1.82) is 0 Å². The van der Waals surface area contributed by atoms with E-state index in [1.807, 2.05) is 29.0 Å². The van der Waals surface area contributed by atoms with Crippen molar-refractivity contribution >= 4 is 16.8 Å². The first-order valence-corrected chi connectivity index (χ1v) is 7.13. The number of furan rings is 1. The molecular weight excluding hydrogens is 264 g/mol. The summed E-state index contributed by atoms with van der Waals surface area (Å²) >= 11 is 0. The van der Waals surface area contributed by atoms with E-state index < -0.39 is 0 Å². The molecule has 4 nitrogen and oxygen atoms in total. The van der Waals surface area contributed by atoms with Crippen LogP contribution in [-0.4, -0.2) is 10.5 Å². The predicted molar refractivity (Wildman–Crippen MR) is 81.9 cm³/mol. The van der Waals surface area contributed by atoms with Crippen molar-refractivity contribution in [2.45, 2.75) is 26.4 Å². The first-order chi connectivity index (χ1) is 10.3. The standard InChI is InChI=1S/C17H18N2O2/c1-2-13-5-6-16-14(10-13)7-8-19(16)12-17(20)18-11-15-4-3-9-21-15/h3-10H,2,11-12H2,1H3,(H,18,20). The van der Waals surface area contributed by atoms with E-state index in [1.54, 1.807) is 6.26 Å². The molecule has 0 aliphatic carbocycles. The fraction of sp³-hybridized carbons (Fsp3) is 0.235. The van der Waals surface area contributed by atoms with E-state index >= 15 is 0 Å². The van der Waals surface area contributed by atoms with E-state index in [0.717, 1.165) is 17.7 Å². The van der Waals surface area contributed by atoms with Crippen LogP contribution in [0.1, 0.15) is 18.2 Å². The summed E-state index contributed by atoms with van der Waals surface area (Å²) in [5.41, 5.74) is 2.39. The minimum absolute atomic E-state index is 0.0246. The van der Waals surface area contributed by atoms with Crippen LogP contribution in [0.5, 0.6) is 0 Å². The molecular formula is C17H18N2O2. The molecule has 0 unspecified atom stereocenters. The first kappa shape index (κ1) is 13.5. The topological polar surface area (TPSA) is 47.2 Å². The fourth-order valence-electron chi connectivity index (χ4n) is 2.42. The molecule has 3 rings (SSSR count). The number of aromatic nitrogens is 1. The average Bonchev–Trinajstić information content (AvgIpc) is 3.14. The van der Waals surface area contributed by atoms with Gasteiger partial charge in [-0.2, -0.15) is 0 Å². The summed E-state index contributed by atoms with van der Waals surface area (Å²) in [4.78, 5) is 12.0. The van der Waals surface area contributed by atoms with Crippen LogP contribution < -0.4 is 5.32 Å². The van der Waals surface area contributed by atoms with Crippen molar-refractivity contribution in [2.24, 2.45) is 0 Å². The van der Waals surface area contributed by atoms with Gasteiger partial charge in [0.1, 0.15) is 12.3 Å². The van der Waals surface area contributed by atoms with E-state index in [-0.39, 0.29) is 5.91 Å². The number of carbonyl (C=O) groups is 1. The monoisotopic (exact) mass is 282 g/mol. The maximum Gasteiger partial charge on any atom is 0.240 e. The van der Waals surface area contributed by atoms with E-state index in [4.69, 9.17) is 4.42 Å². The van der Waals surface area contributed by atoms with Crippen molar-refractivity contribution in [3.63, 3.8) is 0 Å². The highest BCUT2D eigenvalue weighted by molar-refractivity contribution is 5.83. The highest BCUT2D eigenvalue weighted by Crippen LogP contribution is 2.18. The van der Waals surface area contributed by atoms with Crippen LogP contribution in [0.4, 0.5) is 0 Å². The zero-order valence-electron chi connectivity index (χ0n) is 12.0. The van der Waals surface area contributed by atoms with E-state index in [2.05, 4.69) is 30.4 Å². The maximum absolute atomic E-state index is 12.0. The number of hydrogen-bond donors (Lipinski definition) is 1. The number of hydrogen-bond acceptors (Lipinski definition) is 2. The molecule has 21 heavy (non-hydrogen) atoms. The van der Waals surface area contributed by atoms with Gasteiger partial charge < -0.3 is 14.3 Å². The molecule has 0 spiro atoms. The molecule has 0 saturated heterocycles. The normalized spacial score (nSPS) is 10.9. The molecule has 4 heteroatoms. The second-order valence-electron chi connectivity index (χ2n) is 5.05. The lowest BCUT2D eigenvalue weighted by atomic mass is 10.1.